The molecule has 0 radical (unpaired) electrons. The van der Waals surface area contributed by atoms with Crippen molar-refractivity contribution in [1.29, 1.82) is 0 Å². The van der Waals surface area contributed by atoms with E-state index in [0.29, 0.717) is 12.0 Å². The third-order valence-corrected chi connectivity index (χ3v) is 1.58. The molecule has 1 aliphatic rings. The Morgan fingerprint density at radius 1 is 1.70 bits per heavy atom. The lowest BCUT2D eigenvalue weighted by atomic mass is 10.2. The maximum absolute atomic E-state index is 10.8. The molecular formula is C7H10O3. The molecule has 0 aromatic heterocycles. The van der Waals surface area contributed by atoms with Crippen molar-refractivity contribution in [2.24, 2.45) is 0 Å². The monoisotopic (exact) mass is 142 g/mol. The second kappa shape index (κ2) is 2.33. The highest BCUT2D eigenvalue weighted by Crippen LogP contribution is 2.21. The van der Waals surface area contributed by atoms with E-state index in [0.717, 1.165) is 0 Å². The summed E-state index contributed by atoms with van der Waals surface area (Å²) in [7, 11) is 0. The predicted molar refractivity (Wildman–Crippen MR) is 35.5 cm³/mol. The maximum Gasteiger partial charge on any atom is 0.338 e. The smallest absolute Gasteiger partial charge is 0.338 e. The molecule has 0 aliphatic carbocycles. The topological polar surface area (TPSA) is 46.5 Å². The molecule has 0 amide bonds. The molecule has 0 spiro atoms. The van der Waals surface area contributed by atoms with E-state index in [9.17, 15) is 4.79 Å². The fourth-order valence-corrected chi connectivity index (χ4v) is 0.963. The fourth-order valence-electron chi connectivity index (χ4n) is 0.963. The first-order valence-electron chi connectivity index (χ1n) is 3.29. The van der Waals surface area contributed by atoms with Crippen LogP contribution in [-0.2, 0) is 9.53 Å². The zero-order chi connectivity index (χ0) is 7.72. The number of aliphatic hydroxyl groups is 1. The molecular weight excluding hydrogens is 132 g/mol. The molecule has 0 bridgehead atoms. The number of carbonyl (C=O) groups excluding carboxylic acids is 1. The van der Waals surface area contributed by atoms with Gasteiger partial charge in [0.05, 0.1) is 5.57 Å². The summed E-state index contributed by atoms with van der Waals surface area (Å²) in [4.78, 5) is 10.8. The van der Waals surface area contributed by atoms with Gasteiger partial charge in [-0.15, -0.1) is 0 Å². The number of aliphatic hydroxyl groups excluding tert-OH is 1. The largest absolute Gasteiger partial charge is 0.508 e. The number of hydrogen-bond donors (Lipinski definition) is 1. The van der Waals surface area contributed by atoms with Crippen LogP contribution in [0.25, 0.3) is 0 Å². The molecule has 1 N–H and O–H groups in total. The van der Waals surface area contributed by atoms with Crippen LogP contribution in [0.5, 0.6) is 0 Å². The van der Waals surface area contributed by atoms with Crippen molar-refractivity contribution in [1.82, 2.24) is 0 Å². The molecule has 1 aliphatic heterocycles. The lowest BCUT2D eigenvalue weighted by Gasteiger charge is -1.99. The van der Waals surface area contributed by atoms with Gasteiger partial charge in [-0.25, -0.2) is 4.79 Å². The van der Waals surface area contributed by atoms with E-state index in [2.05, 4.69) is 0 Å². The number of carbonyl (C=O) groups is 1. The predicted octanol–water partition coefficient (Wildman–Crippen LogP) is 1.15. The van der Waals surface area contributed by atoms with Crippen molar-refractivity contribution in [3.05, 3.63) is 11.3 Å². The first-order valence-corrected chi connectivity index (χ1v) is 3.29. The van der Waals surface area contributed by atoms with Crippen LogP contribution in [0.15, 0.2) is 11.3 Å². The highest BCUT2D eigenvalue weighted by Gasteiger charge is 2.29. The van der Waals surface area contributed by atoms with Gasteiger partial charge in [-0.05, 0) is 13.3 Å². The zero-order valence-electron chi connectivity index (χ0n) is 6.05. The Bertz CT molecular complexity index is 193. The number of hydrogen-bond acceptors (Lipinski definition) is 3. The molecule has 0 saturated carbocycles. The summed E-state index contributed by atoms with van der Waals surface area (Å²) in [5.74, 6) is -0.292. The molecule has 0 aromatic carbocycles. The Kier molecular flexibility index (Phi) is 1.66. The van der Waals surface area contributed by atoms with Crippen LogP contribution in [0.2, 0.25) is 0 Å². The van der Waals surface area contributed by atoms with E-state index >= 15 is 0 Å². The van der Waals surface area contributed by atoms with Crippen molar-refractivity contribution in [2.75, 3.05) is 0 Å². The minimum atomic E-state index is -0.442. The first-order chi connectivity index (χ1) is 4.66. The molecule has 1 heterocycles. The average Bonchev–Trinajstić information content (AvgIpc) is 2.09. The van der Waals surface area contributed by atoms with Crippen LogP contribution in [-0.4, -0.2) is 17.2 Å². The average molecular weight is 142 g/mol. The van der Waals surface area contributed by atoms with Gasteiger partial charge in [-0.1, -0.05) is 6.92 Å². The summed E-state index contributed by atoms with van der Waals surface area (Å²) in [6, 6.07) is 0. The third kappa shape index (κ3) is 0.875. The van der Waals surface area contributed by atoms with Crippen molar-refractivity contribution in [2.45, 2.75) is 26.4 Å². The number of rotatable bonds is 1. The van der Waals surface area contributed by atoms with Crippen LogP contribution in [0, 0.1) is 0 Å². The summed E-state index contributed by atoms with van der Waals surface area (Å²) in [5, 5.41) is 9.16. The molecule has 56 valence electrons. The van der Waals surface area contributed by atoms with Gasteiger partial charge in [-0.3, -0.25) is 0 Å². The van der Waals surface area contributed by atoms with Gasteiger partial charge in [0, 0.05) is 0 Å². The molecule has 1 atom stereocenters. The summed E-state index contributed by atoms with van der Waals surface area (Å²) >= 11 is 0. The van der Waals surface area contributed by atoms with Crippen LogP contribution >= 0.6 is 0 Å². The quantitative estimate of drug-likeness (QED) is 0.559. The first kappa shape index (κ1) is 7.12. The second-order valence-corrected chi connectivity index (χ2v) is 2.26. The molecule has 0 saturated heterocycles. The van der Waals surface area contributed by atoms with Gasteiger partial charge in [-0.2, -0.15) is 0 Å². The van der Waals surface area contributed by atoms with E-state index in [4.69, 9.17) is 9.84 Å². The molecule has 3 nitrogen and oxygen atoms in total. The van der Waals surface area contributed by atoms with E-state index in [1.165, 1.54) is 0 Å². The van der Waals surface area contributed by atoms with E-state index in [1.807, 2.05) is 6.92 Å². The minimum Gasteiger partial charge on any atom is -0.508 e. The van der Waals surface area contributed by atoms with Crippen LogP contribution in [0.3, 0.4) is 0 Å². The van der Waals surface area contributed by atoms with Gasteiger partial charge in [0.1, 0.15) is 5.76 Å². The van der Waals surface area contributed by atoms with Gasteiger partial charge < -0.3 is 9.84 Å². The summed E-state index contributed by atoms with van der Waals surface area (Å²) < 4.78 is 4.71. The van der Waals surface area contributed by atoms with Crippen LogP contribution < -0.4 is 0 Å². The Morgan fingerprint density at radius 3 is 2.50 bits per heavy atom. The van der Waals surface area contributed by atoms with Crippen molar-refractivity contribution >= 4 is 5.97 Å². The van der Waals surface area contributed by atoms with Gasteiger partial charge in [0.25, 0.3) is 0 Å². The SMILES string of the molecule is CCC1=C(O)[C@H](C)OC1=O. The van der Waals surface area contributed by atoms with Crippen LogP contribution in [0.4, 0.5) is 0 Å². The molecule has 10 heavy (non-hydrogen) atoms. The number of ether oxygens (including phenoxy) is 1. The van der Waals surface area contributed by atoms with Crippen molar-refractivity contribution in [3.63, 3.8) is 0 Å². The molecule has 0 aromatic rings. The maximum atomic E-state index is 10.8. The van der Waals surface area contributed by atoms with Crippen LogP contribution in [0.1, 0.15) is 20.3 Å². The lowest BCUT2D eigenvalue weighted by Crippen LogP contribution is -2.05. The Labute approximate surface area is 59.3 Å². The van der Waals surface area contributed by atoms with E-state index in [1.54, 1.807) is 6.92 Å². The summed E-state index contributed by atoms with van der Waals surface area (Å²) in [5.41, 5.74) is 0.410. The molecule has 0 fully saturated rings. The molecule has 1 rings (SSSR count). The Hall–Kier alpha value is -0.990. The van der Waals surface area contributed by atoms with E-state index < -0.39 is 6.10 Å². The van der Waals surface area contributed by atoms with E-state index in [-0.39, 0.29) is 11.7 Å². The van der Waals surface area contributed by atoms with Gasteiger partial charge in [0.2, 0.25) is 0 Å². The standard InChI is InChI=1S/C7H10O3/c1-3-5-6(8)4(2)10-7(5)9/h4,8H,3H2,1-2H3/t4-/m0/s1. The number of esters is 1. The minimum absolute atomic E-state index is 0.0903. The Morgan fingerprint density at radius 2 is 2.30 bits per heavy atom. The fraction of sp³-hybridized carbons (Fsp3) is 0.571. The van der Waals surface area contributed by atoms with Gasteiger partial charge >= 0.3 is 5.97 Å². The number of cyclic esters (lactones) is 1. The Balaban J connectivity index is 2.90. The second-order valence-electron chi connectivity index (χ2n) is 2.26. The molecule has 0 unspecified atom stereocenters. The van der Waals surface area contributed by atoms with Crippen molar-refractivity contribution in [3.8, 4) is 0 Å². The third-order valence-electron chi connectivity index (χ3n) is 1.58. The van der Waals surface area contributed by atoms with Crippen molar-refractivity contribution < 1.29 is 14.6 Å². The lowest BCUT2D eigenvalue weighted by molar-refractivity contribution is -0.139. The summed E-state index contributed by atoms with van der Waals surface area (Å²) in [6.07, 6.45) is 0.0945. The highest BCUT2D eigenvalue weighted by molar-refractivity contribution is 5.91. The van der Waals surface area contributed by atoms with Gasteiger partial charge in [0.15, 0.2) is 6.10 Å². The zero-order valence-corrected chi connectivity index (χ0v) is 6.05. The highest BCUT2D eigenvalue weighted by atomic mass is 16.6. The normalized spacial score (nSPS) is 25.4. The molecule has 3 heteroatoms. The summed E-state index contributed by atoms with van der Waals surface area (Å²) in [6.45, 7) is 3.46.